The van der Waals surface area contributed by atoms with Gasteiger partial charge < -0.3 is 10.4 Å². The molecule has 1 amide bonds. The number of hydrogen-bond donors (Lipinski definition) is 2. The van der Waals surface area contributed by atoms with Gasteiger partial charge >= 0.3 is 0 Å². The van der Waals surface area contributed by atoms with Crippen LogP contribution in [0.1, 0.15) is 37.5 Å². The predicted molar refractivity (Wildman–Crippen MR) is 73.3 cm³/mol. The van der Waals surface area contributed by atoms with Gasteiger partial charge in [0.15, 0.2) is 0 Å². The van der Waals surface area contributed by atoms with Crippen LogP contribution >= 0.6 is 15.9 Å². The molecule has 3 rings (SSSR count). The molecule has 2 aliphatic rings. The molecule has 1 fully saturated rings. The maximum atomic E-state index is 11.4. The van der Waals surface area contributed by atoms with Crippen LogP contribution in [0.15, 0.2) is 16.6 Å². The van der Waals surface area contributed by atoms with Crippen molar-refractivity contribution in [2.24, 2.45) is 11.3 Å². The van der Waals surface area contributed by atoms with Crippen LogP contribution in [0.3, 0.4) is 0 Å². The van der Waals surface area contributed by atoms with Crippen LogP contribution in [0.25, 0.3) is 0 Å². The van der Waals surface area contributed by atoms with Crippen molar-refractivity contribution in [3.8, 4) is 0 Å². The maximum Gasteiger partial charge on any atom is 0.228 e. The Morgan fingerprint density at radius 2 is 2.17 bits per heavy atom. The van der Waals surface area contributed by atoms with Crippen molar-refractivity contribution in [1.82, 2.24) is 0 Å². The Balaban J connectivity index is 1.94. The normalized spacial score (nSPS) is 25.6. The van der Waals surface area contributed by atoms with Crippen molar-refractivity contribution in [2.45, 2.75) is 32.8 Å². The molecular weight excluding hydrogens is 294 g/mol. The average Bonchev–Trinajstić information content (AvgIpc) is 2.75. The molecule has 2 N–H and O–H groups in total. The van der Waals surface area contributed by atoms with Gasteiger partial charge in [-0.1, -0.05) is 29.8 Å². The molecule has 18 heavy (non-hydrogen) atoms. The lowest BCUT2D eigenvalue weighted by atomic mass is 9.97. The molecule has 0 saturated heterocycles. The molecule has 2 atom stereocenters. The largest absolute Gasteiger partial charge is 0.388 e. The average molecular weight is 310 g/mol. The zero-order valence-electron chi connectivity index (χ0n) is 10.5. The van der Waals surface area contributed by atoms with Gasteiger partial charge in [0.2, 0.25) is 5.91 Å². The zero-order valence-corrected chi connectivity index (χ0v) is 12.0. The number of aliphatic hydroxyl groups excluding tert-OH is 1. The molecule has 2 unspecified atom stereocenters. The summed E-state index contributed by atoms with van der Waals surface area (Å²) in [4.78, 5) is 11.4. The molecular formula is C14H16BrNO2. The summed E-state index contributed by atoms with van der Waals surface area (Å²) < 4.78 is 0.874. The zero-order chi connectivity index (χ0) is 13.1. The first kappa shape index (κ1) is 12.2. The Labute approximate surface area is 115 Å². The number of hydrogen-bond acceptors (Lipinski definition) is 2. The van der Waals surface area contributed by atoms with Gasteiger partial charge in [-0.25, -0.2) is 0 Å². The number of amides is 1. The van der Waals surface area contributed by atoms with Gasteiger partial charge in [0.05, 0.1) is 12.5 Å². The lowest BCUT2D eigenvalue weighted by Gasteiger charge is -2.16. The molecule has 1 saturated carbocycles. The SMILES string of the molecule is CC1(C)CC1C(O)c1cc2c(cc1Br)NC(=O)C2. The van der Waals surface area contributed by atoms with Gasteiger partial charge in [-0.2, -0.15) is 0 Å². The molecule has 4 heteroatoms. The summed E-state index contributed by atoms with van der Waals surface area (Å²) >= 11 is 3.49. The number of anilines is 1. The summed E-state index contributed by atoms with van der Waals surface area (Å²) in [7, 11) is 0. The fourth-order valence-electron chi connectivity index (χ4n) is 2.76. The van der Waals surface area contributed by atoms with Crippen molar-refractivity contribution in [2.75, 3.05) is 5.32 Å². The van der Waals surface area contributed by atoms with Crippen molar-refractivity contribution in [3.05, 3.63) is 27.7 Å². The van der Waals surface area contributed by atoms with Crippen LogP contribution in [0, 0.1) is 11.3 Å². The monoisotopic (exact) mass is 309 g/mol. The maximum absolute atomic E-state index is 11.4. The third kappa shape index (κ3) is 1.88. The number of carbonyl (C=O) groups excluding carboxylic acids is 1. The van der Waals surface area contributed by atoms with Gasteiger partial charge in [0, 0.05) is 10.2 Å². The Hall–Kier alpha value is -0.870. The first-order chi connectivity index (χ1) is 8.38. The lowest BCUT2D eigenvalue weighted by Crippen LogP contribution is -2.06. The Morgan fingerprint density at radius 1 is 1.50 bits per heavy atom. The highest BCUT2D eigenvalue weighted by Crippen LogP contribution is 2.58. The van der Waals surface area contributed by atoms with E-state index in [9.17, 15) is 9.90 Å². The summed E-state index contributed by atoms with van der Waals surface area (Å²) in [6.07, 6.45) is 1.01. The van der Waals surface area contributed by atoms with Gasteiger partial charge in [-0.3, -0.25) is 4.79 Å². The molecule has 0 bridgehead atoms. The highest BCUT2D eigenvalue weighted by molar-refractivity contribution is 9.10. The van der Waals surface area contributed by atoms with Crippen LogP contribution in [-0.4, -0.2) is 11.0 Å². The second-order valence-electron chi connectivity index (χ2n) is 6.00. The number of fused-ring (bicyclic) bond motifs is 1. The number of benzene rings is 1. The molecule has 0 spiro atoms. The molecule has 0 aromatic heterocycles. The van der Waals surface area contributed by atoms with E-state index in [4.69, 9.17) is 0 Å². The van der Waals surface area contributed by atoms with Crippen molar-refractivity contribution in [1.29, 1.82) is 0 Å². The first-order valence-electron chi connectivity index (χ1n) is 6.19. The highest BCUT2D eigenvalue weighted by Gasteiger charge is 2.50. The molecule has 1 heterocycles. The molecule has 0 radical (unpaired) electrons. The van der Waals surface area contributed by atoms with Crippen LogP contribution in [0.2, 0.25) is 0 Å². The molecule has 96 valence electrons. The summed E-state index contributed by atoms with van der Waals surface area (Å²) in [6.45, 7) is 4.35. The van der Waals surface area contributed by atoms with Gasteiger partial charge in [-0.05, 0) is 41.0 Å². The minimum absolute atomic E-state index is 0.0234. The minimum Gasteiger partial charge on any atom is -0.388 e. The Bertz CT molecular complexity index is 539. The van der Waals surface area contributed by atoms with E-state index in [0.717, 1.165) is 27.7 Å². The van der Waals surface area contributed by atoms with E-state index in [2.05, 4.69) is 35.1 Å². The standard InChI is InChI=1S/C14H16BrNO2/c1-14(2)6-9(14)13(18)8-3-7-4-12(17)16-11(7)5-10(8)15/h3,5,9,13,18H,4,6H2,1-2H3,(H,16,17). The number of rotatable bonds is 2. The molecule has 3 nitrogen and oxygen atoms in total. The third-order valence-electron chi connectivity index (χ3n) is 4.14. The van der Waals surface area contributed by atoms with Crippen molar-refractivity contribution >= 4 is 27.5 Å². The summed E-state index contributed by atoms with van der Waals surface area (Å²) in [5.74, 6) is 0.340. The number of aliphatic hydroxyl groups is 1. The topological polar surface area (TPSA) is 49.3 Å². The predicted octanol–water partition coefficient (Wildman–Crippen LogP) is 3.02. The Kier molecular flexibility index (Phi) is 2.58. The van der Waals surface area contributed by atoms with Crippen LogP contribution in [0.4, 0.5) is 5.69 Å². The smallest absolute Gasteiger partial charge is 0.228 e. The number of nitrogens with one attached hydrogen (secondary N) is 1. The van der Waals surface area contributed by atoms with E-state index < -0.39 is 6.10 Å². The first-order valence-corrected chi connectivity index (χ1v) is 6.98. The van der Waals surface area contributed by atoms with E-state index in [-0.39, 0.29) is 11.3 Å². The van der Waals surface area contributed by atoms with E-state index >= 15 is 0 Å². The molecule has 1 aromatic rings. The highest BCUT2D eigenvalue weighted by atomic mass is 79.9. The number of carbonyl (C=O) groups is 1. The van der Waals surface area contributed by atoms with E-state index in [1.165, 1.54) is 0 Å². The van der Waals surface area contributed by atoms with Crippen LogP contribution in [-0.2, 0) is 11.2 Å². The van der Waals surface area contributed by atoms with Crippen molar-refractivity contribution in [3.63, 3.8) is 0 Å². The van der Waals surface area contributed by atoms with Gasteiger partial charge in [-0.15, -0.1) is 0 Å². The molecule has 1 aliphatic carbocycles. The van der Waals surface area contributed by atoms with Gasteiger partial charge in [0.1, 0.15) is 0 Å². The van der Waals surface area contributed by atoms with E-state index in [1.54, 1.807) is 0 Å². The quantitative estimate of drug-likeness (QED) is 0.882. The summed E-state index contributed by atoms with van der Waals surface area (Å²) in [5, 5.41) is 13.3. The lowest BCUT2D eigenvalue weighted by molar-refractivity contribution is -0.115. The third-order valence-corrected chi connectivity index (χ3v) is 4.82. The molecule has 1 aromatic carbocycles. The second kappa shape index (κ2) is 3.81. The van der Waals surface area contributed by atoms with Crippen LogP contribution in [0.5, 0.6) is 0 Å². The van der Waals surface area contributed by atoms with Crippen molar-refractivity contribution < 1.29 is 9.90 Å². The fraction of sp³-hybridized carbons (Fsp3) is 0.500. The molecule has 1 aliphatic heterocycles. The van der Waals surface area contributed by atoms with E-state index in [1.807, 2.05) is 12.1 Å². The van der Waals surface area contributed by atoms with E-state index in [0.29, 0.717) is 12.3 Å². The second-order valence-corrected chi connectivity index (χ2v) is 6.85. The number of halogens is 1. The summed E-state index contributed by atoms with van der Waals surface area (Å²) in [6, 6.07) is 3.85. The van der Waals surface area contributed by atoms with Gasteiger partial charge in [0.25, 0.3) is 0 Å². The minimum atomic E-state index is -0.449. The fourth-order valence-corrected chi connectivity index (χ4v) is 3.34. The Morgan fingerprint density at radius 3 is 2.78 bits per heavy atom. The summed E-state index contributed by atoms with van der Waals surface area (Å²) in [5.41, 5.74) is 2.97. The van der Waals surface area contributed by atoms with Crippen LogP contribution < -0.4 is 5.32 Å².